The molecule has 0 bridgehead atoms. The smallest absolute Gasteiger partial charge is 0.250 e. The normalized spacial score (nSPS) is 12.4. The molecule has 0 fully saturated rings. The topological polar surface area (TPSA) is 57.9 Å². The summed E-state index contributed by atoms with van der Waals surface area (Å²) in [5.41, 5.74) is 0.765. The Morgan fingerprint density at radius 2 is 1.83 bits per heavy atom. The minimum absolute atomic E-state index is 0.0236. The van der Waals surface area contributed by atoms with Gasteiger partial charge in [0.2, 0.25) is 5.43 Å². The Balaban J connectivity index is 2.21. The number of methoxy groups -OCH3 is 1. The Morgan fingerprint density at radius 1 is 1.10 bits per heavy atom. The van der Waals surface area contributed by atoms with E-state index < -0.39 is 8.32 Å². The van der Waals surface area contributed by atoms with E-state index >= 15 is 0 Å². The number of para-hydroxylation sites is 1. The van der Waals surface area contributed by atoms with Crippen molar-refractivity contribution in [1.29, 1.82) is 0 Å². The Bertz CT molecular complexity index is 1110. The van der Waals surface area contributed by atoms with Crippen LogP contribution in [0.3, 0.4) is 0 Å². The predicted octanol–water partition coefficient (Wildman–Crippen LogP) is 6.52. The van der Waals surface area contributed by atoms with Crippen LogP contribution in [-0.2, 0) is 0 Å². The zero-order chi connectivity index (χ0) is 22.1. The van der Waals surface area contributed by atoms with Gasteiger partial charge in [0.15, 0.2) is 5.58 Å². The van der Waals surface area contributed by atoms with E-state index in [4.69, 9.17) is 18.3 Å². The molecule has 0 atom stereocenters. The van der Waals surface area contributed by atoms with Gasteiger partial charge in [-0.3, -0.25) is 4.79 Å². The average Bonchev–Trinajstić information content (AvgIpc) is 2.67. The van der Waals surface area contributed by atoms with Gasteiger partial charge >= 0.3 is 0 Å². The fourth-order valence-electron chi connectivity index (χ4n) is 3.00. The second-order valence-electron chi connectivity index (χ2n) is 9.13. The molecule has 0 saturated carbocycles. The zero-order valence-electron chi connectivity index (χ0n) is 19.0. The lowest BCUT2D eigenvalue weighted by Gasteiger charge is -2.36. The van der Waals surface area contributed by atoms with Crippen LogP contribution in [0.2, 0.25) is 18.1 Å². The molecule has 5 nitrogen and oxygen atoms in total. The summed E-state index contributed by atoms with van der Waals surface area (Å²) in [6, 6.07) is 8.98. The summed E-state index contributed by atoms with van der Waals surface area (Å²) < 4.78 is 24.1. The number of ether oxygens (including phenoxy) is 2. The van der Waals surface area contributed by atoms with Crippen LogP contribution in [0.15, 0.2) is 39.5 Å². The highest BCUT2D eigenvalue weighted by Gasteiger charge is 2.39. The highest BCUT2D eigenvalue weighted by atomic mass is 28.4. The molecule has 3 aromatic rings. The van der Waals surface area contributed by atoms with Crippen molar-refractivity contribution in [3.63, 3.8) is 0 Å². The van der Waals surface area contributed by atoms with Crippen molar-refractivity contribution in [3.05, 3.63) is 40.6 Å². The summed E-state index contributed by atoms with van der Waals surface area (Å²) in [6.45, 7) is 13.6. The first kappa shape index (κ1) is 22.2. The summed E-state index contributed by atoms with van der Waals surface area (Å²) in [5, 5.41) is 0.921. The Kier molecular flexibility index (Phi) is 6.18. The third-order valence-electron chi connectivity index (χ3n) is 5.86. The molecule has 0 amide bonds. The number of hydrogen-bond acceptors (Lipinski definition) is 5. The van der Waals surface area contributed by atoms with E-state index in [9.17, 15) is 4.79 Å². The lowest BCUT2D eigenvalue weighted by atomic mass is 10.1. The molecule has 6 heteroatoms. The highest BCUT2D eigenvalue weighted by Crippen LogP contribution is 2.40. The van der Waals surface area contributed by atoms with Gasteiger partial charge < -0.3 is 18.3 Å². The van der Waals surface area contributed by atoms with Gasteiger partial charge in [-0.2, -0.15) is 0 Å². The Labute approximate surface area is 179 Å². The van der Waals surface area contributed by atoms with Crippen LogP contribution in [0, 0.1) is 0 Å². The van der Waals surface area contributed by atoms with Crippen molar-refractivity contribution < 1.29 is 18.3 Å². The van der Waals surface area contributed by atoms with Gasteiger partial charge in [0, 0.05) is 12.1 Å². The van der Waals surface area contributed by atoms with Gasteiger partial charge in [-0.25, -0.2) is 0 Å². The molecule has 0 aliphatic rings. The summed E-state index contributed by atoms with van der Waals surface area (Å²) in [5.74, 6) is 1.68. The summed E-state index contributed by atoms with van der Waals surface area (Å²) in [4.78, 5) is 13.3. The minimum atomic E-state index is -2.11. The number of hydrogen-bond donors (Lipinski definition) is 0. The fourth-order valence-corrected chi connectivity index (χ4v) is 4.02. The third-order valence-corrected chi connectivity index (χ3v) is 10.2. The summed E-state index contributed by atoms with van der Waals surface area (Å²) in [6.07, 6.45) is 1.99. The molecule has 0 aliphatic carbocycles. The second kappa shape index (κ2) is 8.34. The molecule has 2 aromatic carbocycles. The van der Waals surface area contributed by atoms with Crippen molar-refractivity contribution in [2.75, 3.05) is 13.7 Å². The molecular weight excluding hydrogens is 396 g/mol. The average molecular weight is 429 g/mol. The monoisotopic (exact) mass is 428 g/mol. The summed E-state index contributed by atoms with van der Waals surface area (Å²) >= 11 is 0. The Hall–Kier alpha value is -2.47. The maximum atomic E-state index is 13.3. The molecule has 0 spiro atoms. The first-order chi connectivity index (χ1) is 14.1. The maximum absolute atomic E-state index is 13.3. The van der Waals surface area contributed by atoms with Crippen LogP contribution in [0.1, 0.15) is 40.5 Å². The van der Waals surface area contributed by atoms with Gasteiger partial charge in [0.1, 0.15) is 28.2 Å². The van der Waals surface area contributed by atoms with Crippen LogP contribution in [0.25, 0.3) is 21.9 Å². The second-order valence-corrected chi connectivity index (χ2v) is 13.9. The van der Waals surface area contributed by atoms with Crippen molar-refractivity contribution in [2.24, 2.45) is 0 Å². The zero-order valence-corrected chi connectivity index (χ0v) is 20.0. The molecule has 0 radical (unpaired) electrons. The molecule has 0 saturated heterocycles. The number of rotatable bonds is 7. The number of unbranched alkanes of at least 4 members (excludes halogenated alkanes) is 1. The van der Waals surface area contributed by atoms with Gasteiger partial charge in [-0.05, 0) is 36.7 Å². The number of fused-ring (bicyclic) bond motifs is 2. The van der Waals surface area contributed by atoms with Gasteiger partial charge in [0.05, 0.1) is 19.1 Å². The van der Waals surface area contributed by atoms with Crippen LogP contribution >= 0.6 is 0 Å². The molecule has 30 heavy (non-hydrogen) atoms. The predicted molar refractivity (Wildman–Crippen MR) is 125 cm³/mol. The van der Waals surface area contributed by atoms with E-state index in [0.29, 0.717) is 45.8 Å². The van der Waals surface area contributed by atoms with E-state index in [1.807, 2.05) is 12.1 Å². The summed E-state index contributed by atoms with van der Waals surface area (Å²) in [7, 11) is -0.563. The molecule has 0 N–H and O–H groups in total. The standard InChI is InChI=1S/C24H32O5Si/c1-8-9-13-27-16-14-19(26-5)21-20(15-16)28-23-17(22(21)25)11-10-12-18(23)29-30(6,7)24(2,3)4/h10-12,14-15H,8-9,13H2,1-7H3. The molecule has 162 valence electrons. The lowest BCUT2D eigenvalue weighted by molar-refractivity contribution is 0.307. The van der Waals surface area contributed by atoms with Gasteiger partial charge in [-0.1, -0.05) is 40.2 Å². The molecule has 3 rings (SSSR count). The first-order valence-corrected chi connectivity index (χ1v) is 13.4. The first-order valence-electron chi connectivity index (χ1n) is 10.5. The molecule has 0 aliphatic heterocycles. The highest BCUT2D eigenvalue weighted by molar-refractivity contribution is 6.74. The van der Waals surface area contributed by atoms with E-state index in [0.717, 1.165) is 12.8 Å². The van der Waals surface area contributed by atoms with E-state index in [2.05, 4.69) is 40.8 Å². The van der Waals surface area contributed by atoms with Crippen molar-refractivity contribution in [2.45, 2.75) is 58.7 Å². The van der Waals surface area contributed by atoms with Crippen molar-refractivity contribution in [3.8, 4) is 17.2 Å². The molecule has 1 heterocycles. The largest absolute Gasteiger partial charge is 0.541 e. The van der Waals surface area contributed by atoms with Crippen molar-refractivity contribution >= 4 is 30.3 Å². The Morgan fingerprint density at radius 3 is 2.47 bits per heavy atom. The molecule has 1 aromatic heterocycles. The SMILES string of the molecule is CCCCOc1cc(OC)c2c(=O)c3cccc(O[Si](C)(C)C(C)(C)C)c3oc2c1. The van der Waals surface area contributed by atoms with Crippen LogP contribution in [-0.4, -0.2) is 22.0 Å². The van der Waals surface area contributed by atoms with Crippen LogP contribution < -0.4 is 19.3 Å². The van der Waals surface area contributed by atoms with Crippen molar-refractivity contribution in [1.82, 2.24) is 0 Å². The van der Waals surface area contributed by atoms with E-state index in [-0.39, 0.29) is 10.5 Å². The van der Waals surface area contributed by atoms with Crippen LogP contribution in [0.4, 0.5) is 0 Å². The number of benzene rings is 2. The fraction of sp³-hybridized carbons (Fsp3) is 0.458. The van der Waals surface area contributed by atoms with Gasteiger partial charge in [-0.15, -0.1) is 0 Å². The molecular formula is C24H32O5Si. The van der Waals surface area contributed by atoms with Gasteiger partial charge in [0.25, 0.3) is 8.32 Å². The quantitative estimate of drug-likeness (QED) is 0.244. The third kappa shape index (κ3) is 4.19. The molecule has 0 unspecified atom stereocenters. The van der Waals surface area contributed by atoms with E-state index in [1.54, 1.807) is 25.3 Å². The van der Waals surface area contributed by atoms with E-state index in [1.165, 1.54) is 0 Å². The minimum Gasteiger partial charge on any atom is -0.541 e. The lowest BCUT2D eigenvalue weighted by Crippen LogP contribution is -2.43. The van der Waals surface area contributed by atoms with Crippen LogP contribution in [0.5, 0.6) is 17.2 Å². The maximum Gasteiger partial charge on any atom is 0.250 e.